The molecule has 0 amide bonds. The lowest BCUT2D eigenvalue weighted by molar-refractivity contribution is -0.110. The van der Waals surface area contributed by atoms with Crippen molar-refractivity contribution < 1.29 is 4.79 Å². The highest BCUT2D eigenvalue weighted by molar-refractivity contribution is 9.10. The maximum absolute atomic E-state index is 10.5. The second-order valence-corrected chi connectivity index (χ2v) is 3.55. The molecule has 0 heterocycles. The van der Waals surface area contributed by atoms with Crippen LogP contribution >= 0.6 is 15.9 Å². The van der Waals surface area contributed by atoms with E-state index in [2.05, 4.69) is 28.6 Å². The molecule has 0 radical (unpaired) electrons. The van der Waals surface area contributed by atoms with Crippen LogP contribution in [0.4, 0.5) is 0 Å². The first-order valence-corrected chi connectivity index (χ1v) is 4.33. The van der Waals surface area contributed by atoms with Crippen molar-refractivity contribution >= 4 is 33.7 Å². The van der Waals surface area contributed by atoms with Crippen LogP contribution < -0.4 is 0 Å². The fourth-order valence-electron chi connectivity index (χ4n) is 0.769. The molecular formula is C8H6BrOS-. The van der Waals surface area contributed by atoms with Gasteiger partial charge in [-0.25, -0.2) is 0 Å². The van der Waals surface area contributed by atoms with E-state index in [1.54, 1.807) is 0 Å². The molecule has 0 aliphatic rings. The van der Waals surface area contributed by atoms with Crippen LogP contribution in [0.5, 0.6) is 0 Å². The lowest BCUT2D eigenvalue weighted by Crippen LogP contribution is -1.96. The zero-order valence-electron chi connectivity index (χ0n) is 5.71. The molecule has 11 heavy (non-hydrogen) atoms. The highest BCUT2D eigenvalue weighted by atomic mass is 79.9. The van der Waals surface area contributed by atoms with E-state index >= 15 is 0 Å². The Morgan fingerprint density at radius 1 is 1.36 bits per heavy atom. The predicted molar refractivity (Wildman–Crippen MR) is 50.2 cm³/mol. The van der Waals surface area contributed by atoms with E-state index in [0.29, 0.717) is 6.42 Å². The van der Waals surface area contributed by atoms with Crippen LogP contribution in [0.1, 0.15) is 5.56 Å². The number of hydrogen-bond acceptors (Lipinski definition) is 2. The SMILES string of the molecule is O=C([S-])Cc1ccc(Br)cc1. The molecule has 0 spiro atoms. The van der Waals surface area contributed by atoms with Gasteiger partial charge >= 0.3 is 0 Å². The number of rotatable bonds is 2. The van der Waals surface area contributed by atoms with Crippen molar-refractivity contribution in [2.45, 2.75) is 6.42 Å². The minimum atomic E-state index is -0.215. The van der Waals surface area contributed by atoms with Crippen LogP contribution in [-0.4, -0.2) is 5.12 Å². The van der Waals surface area contributed by atoms with Gasteiger partial charge < -0.3 is 17.4 Å². The molecule has 58 valence electrons. The standard InChI is InChI=1S/C8H7BrOS/c9-7-3-1-6(2-4-7)5-8(10)11/h1-4H,5H2,(H,10,11)/p-1. The van der Waals surface area contributed by atoms with Crippen LogP contribution in [0, 0.1) is 0 Å². The monoisotopic (exact) mass is 229 g/mol. The molecule has 0 atom stereocenters. The first-order chi connectivity index (χ1) is 5.18. The van der Waals surface area contributed by atoms with E-state index in [-0.39, 0.29) is 5.12 Å². The summed E-state index contributed by atoms with van der Waals surface area (Å²) in [5.41, 5.74) is 0.966. The third-order valence-corrected chi connectivity index (χ3v) is 1.93. The zero-order chi connectivity index (χ0) is 8.27. The molecule has 0 saturated carbocycles. The Kier molecular flexibility index (Phi) is 3.02. The van der Waals surface area contributed by atoms with Gasteiger partial charge in [0.15, 0.2) is 0 Å². The second-order valence-electron chi connectivity index (χ2n) is 2.18. The minimum absolute atomic E-state index is 0.215. The number of carbonyl (C=O) groups is 1. The average molecular weight is 230 g/mol. The van der Waals surface area contributed by atoms with E-state index in [0.717, 1.165) is 10.0 Å². The molecule has 1 rings (SSSR count). The number of hydrogen-bond donors (Lipinski definition) is 0. The minimum Gasteiger partial charge on any atom is -0.742 e. The van der Waals surface area contributed by atoms with E-state index in [1.807, 2.05) is 24.3 Å². The summed E-state index contributed by atoms with van der Waals surface area (Å²) in [7, 11) is 0. The largest absolute Gasteiger partial charge is 0.742 e. The summed E-state index contributed by atoms with van der Waals surface area (Å²) in [6, 6.07) is 7.56. The van der Waals surface area contributed by atoms with Crippen molar-refractivity contribution in [3.8, 4) is 0 Å². The number of benzene rings is 1. The van der Waals surface area contributed by atoms with Gasteiger partial charge in [0.1, 0.15) is 0 Å². The molecular weight excluding hydrogens is 224 g/mol. The van der Waals surface area contributed by atoms with Gasteiger partial charge in [-0.15, -0.1) is 0 Å². The van der Waals surface area contributed by atoms with Gasteiger partial charge in [0.05, 0.1) is 0 Å². The summed E-state index contributed by atoms with van der Waals surface area (Å²) >= 11 is 7.74. The van der Waals surface area contributed by atoms with Gasteiger partial charge in [-0.3, -0.25) is 0 Å². The Balaban J connectivity index is 2.74. The summed E-state index contributed by atoms with van der Waals surface area (Å²) in [6.07, 6.45) is 0.350. The summed E-state index contributed by atoms with van der Waals surface area (Å²) < 4.78 is 1.01. The molecule has 1 aromatic carbocycles. The first kappa shape index (κ1) is 8.68. The van der Waals surface area contributed by atoms with Crippen LogP contribution in [0.3, 0.4) is 0 Å². The molecule has 0 unspecified atom stereocenters. The topological polar surface area (TPSA) is 17.1 Å². The van der Waals surface area contributed by atoms with Gasteiger partial charge in [-0.1, -0.05) is 28.1 Å². The van der Waals surface area contributed by atoms with Gasteiger partial charge in [-0.2, -0.15) is 0 Å². The van der Waals surface area contributed by atoms with E-state index in [4.69, 9.17) is 0 Å². The Morgan fingerprint density at radius 2 is 1.91 bits per heavy atom. The van der Waals surface area contributed by atoms with Gasteiger partial charge in [0.25, 0.3) is 0 Å². The van der Waals surface area contributed by atoms with Crippen molar-refractivity contribution in [1.82, 2.24) is 0 Å². The normalized spacial score (nSPS) is 9.55. The summed E-state index contributed by atoms with van der Waals surface area (Å²) in [4.78, 5) is 10.5. The van der Waals surface area contributed by atoms with Crippen molar-refractivity contribution in [2.75, 3.05) is 0 Å². The van der Waals surface area contributed by atoms with Crippen molar-refractivity contribution in [1.29, 1.82) is 0 Å². The Morgan fingerprint density at radius 3 is 2.36 bits per heavy atom. The molecule has 0 N–H and O–H groups in total. The molecule has 1 nitrogen and oxygen atoms in total. The fourth-order valence-corrected chi connectivity index (χ4v) is 1.20. The molecule has 3 heteroatoms. The molecule has 0 aliphatic carbocycles. The molecule has 0 aromatic heterocycles. The fraction of sp³-hybridized carbons (Fsp3) is 0.125. The lowest BCUT2D eigenvalue weighted by Gasteiger charge is -2.02. The molecule has 1 aromatic rings. The van der Waals surface area contributed by atoms with E-state index in [9.17, 15) is 4.79 Å². The molecule has 0 saturated heterocycles. The summed E-state index contributed by atoms with van der Waals surface area (Å²) in [6.45, 7) is 0. The third-order valence-electron chi connectivity index (χ3n) is 1.26. The van der Waals surface area contributed by atoms with Gasteiger partial charge in [-0.05, 0) is 17.7 Å². The van der Waals surface area contributed by atoms with Gasteiger partial charge in [0, 0.05) is 16.0 Å². The molecule has 0 fully saturated rings. The van der Waals surface area contributed by atoms with Gasteiger partial charge in [0.2, 0.25) is 0 Å². The van der Waals surface area contributed by atoms with Crippen molar-refractivity contribution in [2.24, 2.45) is 0 Å². The average Bonchev–Trinajstić information content (AvgIpc) is 1.93. The second kappa shape index (κ2) is 3.83. The quantitative estimate of drug-likeness (QED) is 0.723. The van der Waals surface area contributed by atoms with Crippen molar-refractivity contribution in [3.63, 3.8) is 0 Å². The van der Waals surface area contributed by atoms with Crippen molar-refractivity contribution in [3.05, 3.63) is 34.3 Å². The zero-order valence-corrected chi connectivity index (χ0v) is 8.11. The highest BCUT2D eigenvalue weighted by Gasteiger charge is 1.91. The Labute approximate surface area is 79.3 Å². The summed E-state index contributed by atoms with van der Waals surface area (Å²) in [5.74, 6) is 0. The van der Waals surface area contributed by atoms with Crippen LogP contribution in [0.15, 0.2) is 28.7 Å². The summed E-state index contributed by atoms with van der Waals surface area (Å²) in [5, 5.41) is -0.215. The number of halogens is 1. The van der Waals surface area contributed by atoms with E-state index in [1.165, 1.54) is 0 Å². The number of carbonyl (C=O) groups excluding carboxylic acids is 1. The highest BCUT2D eigenvalue weighted by Crippen LogP contribution is 2.10. The maximum atomic E-state index is 10.5. The van der Waals surface area contributed by atoms with Crippen LogP contribution in [0.25, 0.3) is 0 Å². The molecule has 0 aliphatic heterocycles. The van der Waals surface area contributed by atoms with Crippen LogP contribution in [-0.2, 0) is 23.8 Å². The maximum Gasteiger partial charge on any atom is 0.0175 e. The third kappa shape index (κ3) is 2.99. The smallest absolute Gasteiger partial charge is 0.0175 e. The molecule has 0 bridgehead atoms. The Bertz CT molecular complexity index is 255. The van der Waals surface area contributed by atoms with Crippen LogP contribution in [0.2, 0.25) is 0 Å². The predicted octanol–water partition coefficient (Wildman–Crippen LogP) is 2.07. The Hall–Kier alpha value is -0.410. The van der Waals surface area contributed by atoms with E-state index < -0.39 is 0 Å². The first-order valence-electron chi connectivity index (χ1n) is 3.13. The lowest BCUT2D eigenvalue weighted by atomic mass is 10.2.